The maximum atomic E-state index is 11.0. The summed E-state index contributed by atoms with van der Waals surface area (Å²) in [7, 11) is 0. The predicted molar refractivity (Wildman–Crippen MR) is 52.0 cm³/mol. The van der Waals surface area contributed by atoms with Crippen LogP contribution in [0.2, 0.25) is 0 Å². The highest BCUT2D eigenvalue weighted by Gasteiger charge is 2.09. The molecule has 14 heavy (non-hydrogen) atoms. The number of furan rings is 1. The van der Waals surface area contributed by atoms with Gasteiger partial charge in [0.2, 0.25) is 5.91 Å². The molecule has 1 heterocycles. The standard InChI is InChI=1S/C9H15N3O2/c1-2-12(7-9(13)11-10)6-8-4-3-5-14-8/h3-5H,2,6-7,10H2,1H3,(H,11,13). The monoisotopic (exact) mass is 197 g/mol. The Morgan fingerprint density at radius 2 is 2.50 bits per heavy atom. The molecule has 0 atom stereocenters. The van der Waals surface area contributed by atoms with Gasteiger partial charge in [0, 0.05) is 0 Å². The molecule has 0 fully saturated rings. The Kier molecular flexibility index (Phi) is 4.15. The van der Waals surface area contributed by atoms with Gasteiger partial charge in [-0.3, -0.25) is 15.1 Å². The van der Waals surface area contributed by atoms with Crippen molar-refractivity contribution in [1.29, 1.82) is 0 Å². The van der Waals surface area contributed by atoms with Gasteiger partial charge in [-0.2, -0.15) is 0 Å². The van der Waals surface area contributed by atoms with Gasteiger partial charge < -0.3 is 4.42 Å². The van der Waals surface area contributed by atoms with E-state index in [9.17, 15) is 4.79 Å². The number of carbonyl (C=O) groups is 1. The summed E-state index contributed by atoms with van der Waals surface area (Å²) in [6.07, 6.45) is 1.62. The highest BCUT2D eigenvalue weighted by molar-refractivity contribution is 5.77. The number of hydrogen-bond acceptors (Lipinski definition) is 4. The molecule has 1 aromatic rings. The van der Waals surface area contributed by atoms with Crippen molar-refractivity contribution >= 4 is 5.91 Å². The van der Waals surface area contributed by atoms with E-state index in [-0.39, 0.29) is 12.5 Å². The predicted octanol–water partition coefficient (Wildman–Crippen LogP) is 0.0914. The van der Waals surface area contributed by atoms with E-state index in [2.05, 4.69) is 5.43 Å². The SMILES string of the molecule is CCN(CC(=O)NN)Cc1ccco1. The Bertz CT molecular complexity index is 272. The van der Waals surface area contributed by atoms with Crippen LogP contribution in [0.25, 0.3) is 0 Å². The number of carbonyl (C=O) groups excluding carboxylic acids is 1. The van der Waals surface area contributed by atoms with Gasteiger partial charge in [-0.05, 0) is 18.7 Å². The number of hydrogen-bond donors (Lipinski definition) is 2. The van der Waals surface area contributed by atoms with Crippen LogP contribution in [0.4, 0.5) is 0 Å². The number of hydrazine groups is 1. The van der Waals surface area contributed by atoms with E-state index in [0.29, 0.717) is 6.54 Å². The first kappa shape index (κ1) is 10.7. The van der Waals surface area contributed by atoms with Gasteiger partial charge in [0.05, 0.1) is 19.4 Å². The average molecular weight is 197 g/mol. The van der Waals surface area contributed by atoms with E-state index in [1.165, 1.54) is 0 Å². The lowest BCUT2D eigenvalue weighted by molar-refractivity contribution is -0.122. The van der Waals surface area contributed by atoms with Gasteiger partial charge >= 0.3 is 0 Å². The van der Waals surface area contributed by atoms with Crippen LogP contribution in [-0.2, 0) is 11.3 Å². The van der Waals surface area contributed by atoms with Crippen molar-refractivity contribution in [1.82, 2.24) is 10.3 Å². The molecule has 0 aliphatic rings. The maximum absolute atomic E-state index is 11.0. The van der Waals surface area contributed by atoms with E-state index in [1.54, 1.807) is 6.26 Å². The molecule has 0 aliphatic heterocycles. The number of nitrogens with two attached hydrogens (primary N) is 1. The second-order valence-corrected chi connectivity index (χ2v) is 2.95. The van der Waals surface area contributed by atoms with E-state index in [4.69, 9.17) is 10.3 Å². The van der Waals surface area contributed by atoms with Crippen molar-refractivity contribution in [3.8, 4) is 0 Å². The largest absolute Gasteiger partial charge is 0.468 e. The Hall–Kier alpha value is -1.33. The molecule has 0 bridgehead atoms. The fraction of sp³-hybridized carbons (Fsp3) is 0.444. The van der Waals surface area contributed by atoms with E-state index >= 15 is 0 Å². The fourth-order valence-electron chi connectivity index (χ4n) is 1.15. The lowest BCUT2D eigenvalue weighted by Gasteiger charge is -2.17. The first-order chi connectivity index (χ1) is 6.76. The molecular formula is C9H15N3O2. The maximum Gasteiger partial charge on any atom is 0.248 e. The Balaban J connectivity index is 2.43. The number of nitrogens with zero attached hydrogens (tertiary/aromatic N) is 1. The Morgan fingerprint density at radius 3 is 3.00 bits per heavy atom. The molecule has 0 spiro atoms. The normalized spacial score (nSPS) is 10.5. The molecule has 0 aromatic carbocycles. The average Bonchev–Trinajstić information content (AvgIpc) is 2.69. The lowest BCUT2D eigenvalue weighted by Crippen LogP contribution is -2.40. The topological polar surface area (TPSA) is 71.5 Å². The van der Waals surface area contributed by atoms with Crippen LogP contribution in [0.1, 0.15) is 12.7 Å². The van der Waals surface area contributed by atoms with Gasteiger partial charge in [-0.1, -0.05) is 6.92 Å². The molecule has 3 N–H and O–H groups in total. The zero-order valence-corrected chi connectivity index (χ0v) is 8.19. The Morgan fingerprint density at radius 1 is 1.71 bits per heavy atom. The van der Waals surface area contributed by atoms with E-state index in [0.717, 1.165) is 12.3 Å². The molecule has 0 saturated heterocycles. The van der Waals surface area contributed by atoms with Gasteiger partial charge in [0.15, 0.2) is 0 Å². The molecule has 0 radical (unpaired) electrons. The Labute approximate surface area is 82.8 Å². The summed E-state index contributed by atoms with van der Waals surface area (Å²) in [5.74, 6) is 5.65. The van der Waals surface area contributed by atoms with Crippen molar-refractivity contribution in [2.24, 2.45) is 5.84 Å². The molecule has 5 heteroatoms. The first-order valence-corrected chi connectivity index (χ1v) is 4.50. The van der Waals surface area contributed by atoms with Crippen LogP contribution >= 0.6 is 0 Å². The van der Waals surface area contributed by atoms with Crippen LogP contribution in [-0.4, -0.2) is 23.9 Å². The van der Waals surface area contributed by atoms with Gasteiger partial charge in [-0.15, -0.1) is 0 Å². The van der Waals surface area contributed by atoms with E-state index in [1.807, 2.05) is 24.0 Å². The summed E-state index contributed by atoms with van der Waals surface area (Å²) in [6, 6.07) is 3.70. The zero-order chi connectivity index (χ0) is 10.4. The molecule has 1 aromatic heterocycles. The van der Waals surface area contributed by atoms with Crippen molar-refractivity contribution in [3.63, 3.8) is 0 Å². The third-order valence-electron chi connectivity index (χ3n) is 1.93. The molecule has 1 rings (SSSR count). The molecule has 0 unspecified atom stereocenters. The van der Waals surface area contributed by atoms with Crippen LogP contribution in [0.15, 0.2) is 22.8 Å². The summed E-state index contributed by atoms with van der Waals surface area (Å²) in [5.41, 5.74) is 2.10. The van der Waals surface area contributed by atoms with Gasteiger partial charge in [-0.25, -0.2) is 5.84 Å². The molecule has 78 valence electrons. The lowest BCUT2D eigenvalue weighted by atomic mass is 10.4. The quantitative estimate of drug-likeness (QED) is 0.399. The van der Waals surface area contributed by atoms with Crippen molar-refractivity contribution in [3.05, 3.63) is 24.2 Å². The summed E-state index contributed by atoms with van der Waals surface area (Å²) in [6.45, 7) is 3.66. The number of likely N-dealkylation sites (N-methyl/N-ethyl adjacent to an activating group) is 1. The van der Waals surface area contributed by atoms with Crippen LogP contribution in [0.5, 0.6) is 0 Å². The third-order valence-corrected chi connectivity index (χ3v) is 1.93. The van der Waals surface area contributed by atoms with Crippen molar-refractivity contribution < 1.29 is 9.21 Å². The second-order valence-electron chi connectivity index (χ2n) is 2.95. The van der Waals surface area contributed by atoms with Crippen LogP contribution in [0.3, 0.4) is 0 Å². The number of amides is 1. The minimum Gasteiger partial charge on any atom is -0.468 e. The van der Waals surface area contributed by atoms with Crippen molar-refractivity contribution in [2.45, 2.75) is 13.5 Å². The van der Waals surface area contributed by atoms with Crippen LogP contribution in [0, 0.1) is 0 Å². The summed E-state index contributed by atoms with van der Waals surface area (Å²) >= 11 is 0. The minimum absolute atomic E-state index is 0.196. The molecule has 0 saturated carbocycles. The molecule has 5 nitrogen and oxygen atoms in total. The minimum atomic E-state index is -0.196. The van der Waals surface area contributed by atoms with Crippen LogP contribution < -0.4 is 11.3 Å². The third kappa shape index (κ3) is 3.20. The smallest absolute Gasteiger partial charge is 0.248 e. The molecule has 1 amide bonds. The molecular weight excluding hydrogens is 182 g/mol. The number of nitrogens with one attached hydrogen (secondary N) is 1. The number of rotatable bonds is 5. The van der Waals surface area contributed by atoms with Gasteiger partial charge in [0.25, 0.3) is 0 Å². The first-order valence-electron chi connectivity index (χ1n) is 4.50. The summed E-state index contributed by atoms with van der Waals surface area (Å²) < 4.78 is 5.18. The highest BCUT2D eigenvalue weighted by atomic mass is 16.3. The van der Waals surface area contributed by atoms with Crippen molar-refractivity contribution in [2.75, 3.05) is 13.1 Å². The highest BCUT2D eigenvalue weighted by Crippen LogP contribution is 2.04. The fourth-order valence-corrected chi connectivity index (χ4v) is 1.15. The summed E-state index contributed by atoms with van der Waals surface area (Å²) in [4.78, 5) is 12.9. The van der Waals surface area contributed by atoms with E-state index < -0.39 is 0 Å². The van der Waals surface area contributed by atoms with Gasteiger partial charge in [0.1, 0.15) is 5.76 Å². The second kappa shape index (κ2) is 5.41. The molecule has 0 aliphatic carbocycles. The zero-order valence-electron chi connectivity index (χ0n) is 8.19. The summed E-state index contributed by atoms with van der Waals surface area (Å²) in [5, 5.41) is 0.